The highest BCUT2D eigenvalue weighted by Crippen LogP contribution is 2.21. The molecule has 140 valence electrons. The molecule has 0 atom stereocenters. The van der Waals surface area contributed by atoms with Crippen LogP contribution in [0.25, 0.3) is 0 Å². The number of rotatable bonds is 7. The Bertz CT molecular complexity index is 868. The average Bonchev–Trinajstić information content (AvgIpc) is 2.54. The maximum Gasteiger partial charge on any atom is 0.238 e. The van der Waals surface area contributed by atoms with E-state index in [9.17, 15) is 13.2 Å². The molecule has 0 aliphatic carbocycles. The first-order valence-corrected chi connectivity index (χ1v) is 9.91. The summed E-state index contributed by atoms with van der Waals surface area (Å²) in [4.78, 5) is 12.2. The van der Waals surface area contributed by atoms with Crippen LogP contribution < -0.4 is 15.8 Å². The summed E-state index contributed by atoms with van der Waals surface area (Å²) in [6.45, 7) is 6.81. The fourth-order valence-corrected chi connectivity index (χ4v) is 3.36. The minimum atomic E-state index is -3.66. The lowest BCUT2D eigenvalue weighted by molar-refractivity contribution is -0.115. The summed E-state index contributed by atoms with van der Waals surface area (Å²) in [6, 6.07) is 10.5. The maximum atomic E-state index is 12.1. The van der Waals surface area contributed by atoms with Gasteiger partial charge < -0.3 is 10.6 Å². The Labute approximate surface area is 154 Å². The van der Waals surface area contributed by atoms with E-state index in [-0.39, 0.29) is 17.3 Å². The molecule has 0 fully saturated rings. The third-order valence-corrected chi connectivity index (χ3v) is 5.00. The second kappa shape index (κ2) is 8.44. The topological polar surface area (TPSA) is 101 Å². The fourth-order valence-electron chi connectivity index (χ4n) is 2.84. The van der Waals surface area contributed by atoms with E-state index in [0.717, 1.165) is 22.4 Å². The van der Waals surface area contributed by atoms with Crippen molar-refractivity contribution < 1.29 is 13.2 Å². The van der Waals surface area contributed by atoms with Gasteiger partial charge in [0.2, 0.25) is 15.9 Å². The van der Waals surface area contributed by atoms with Crippen LogP contribution in [0.15, 0.2) is 41.3 Å². The van der Waals surface area contributed by atoms with Gasteiger partial charge >= 0.3 is 0 Å². The van der Waals surface area contributed by atoms with Gasteiger partial charge in [-0.25, -0.2) is 13.6 Å². The zero-order chi connectivity index (χ0) is 19.3. The molecule has 6 nitrogen and oxygen atoms in total. The van der Waals surface area contributed by atoms with Crippen LogP contribution in [0.3, 0.4) is 0 Å². The van der Waals surface area contributed by atoms with Gasteiger partial charge in [0.05, 0.1) is 11.4 Å². The normalized spacial score (nSPS) is 11.4. The molecule has 0 aromatic heterocycles. The molecule has 0 saturated carbocycles. The lowest BCUT2D eigenvalue weighted by atomic mass is 10.1. The van der Waals surface area contributed by atoms with E-state index >= 15 is 0 Å². The highest BCUT2D eigenvalue weighted by Gasteiger charge is 2.09. The van der Waals surface area contributed by atoms with Crippen molar-refractivity contribution in [3.05, 3.63) is 58.7 Å². The first-order valence-electron chi connectivity index (χ1n) is 8.37. The largest absolute Gasteiger partial charge is 0.324 e. The Morgan fingerprint density at radius 1 is 1.04 bits per heavy atom. The van der Waals surface area contributed by atoms with E-state index in [1.165, 1.54) is 17.7 Å². The highest BCUT2D eigenvalue weighted by atomic mass is 32.2. The van der Waals surface area contributed by atoms with Crippen LogP contribution in [0.4, 0.5) is 5.69 Å². The predicted molar refractivity (Wildman–Crippen MR) is 104 cm³/mol. The number of primary sulfonamides is 1. The summed E-state index contributed by atoms with van der Waals surface area (Å²) < 4.78 is 22.4. The maximum absolute atomic E-state index is 12.1. The third kappa shape index (κ3) is 5.66. The molecule has 2 aromatic rings. The molecule has 26 heavy (non-hydrogen) atoms. The van der Waals surface area contributed by atoms with E-state index in [1.807, 2.05) is 32.9 Å². The number of nitrogens with two attached hydrogens (primary N) is 1. The Balaban J connectivity index is 1.80. The molecule has 4 N–H and O–H groups in total. The number of nitrogens with one attached hydrogen (secondary N) is 2. The zero-order valence-corrected chi connectivity index (χ0v) is 16.1. The third-order valence-electron chi connectivity index (χ3n) is 4.07. The number of amides is 1. The number of aryl methyl sites for hydroxylation is 3. The molecule has 0 spiro atoms. The van der Waals surface area contributed by atoms with E-state index in [4.69, 9.17) is 5.14 Å². The van der Waals surface area contributed by atoms with Crippen LogP contribution in [0.5, 0.6) is 0 Å². The second-order valence-corrected chi connectivity index (χ2v) is 8.00. The SMILES string of the molecule is Cc1cc(C)c(NC(=O)CNCCc2ccc(S(N)(=O)=O)cc2)c(C)c1. The van der Waals surface area contributed by atoms with Gasteiger partial charge in [-0.15, -0.1) is 0 Å². The standard InChI is InChI=1S/C19H25N3O3S/c1-13-10-14(2)19(15(3)11-13)22-18(23)12-21-9-8-16-4-6-17(7-5-16)26(20,24)25/h4-7,10-11,21H,8-9,12H2,1-3H3,(H,22,23)(H2,20,24,25). The van der Waals surface area contributed by atoms with Crippen molar-refractivity contribution in [1.82, 2.24) is 5.32 Å². The lowest BCUT2D eigenvalue weighted by Crippen LogP contribution is -2.30. The zero-order valence-electron chi connectivity index (χ0n) is 15.3. The molecule has 0 unspecified atom stereocenters. The molecular formula is C19H25N3O3S. The van der Waals surface area contributed by atoms with Gasteiger partial charge in [0, 0.05) is 5.69 Å². The summed E-state index contributed by atoms with van der Waals surface area (Å²) in [5.41, 5.74) is 5.10. The summed E-state index contributed by atoms with van der Waals surface area (Å²) in [5.74, 6) is -0.0929. The van der Waals surface area contributed by atoms with Crippen LogP contribution in [0, 0.1) is 20.8 Å². The summed E-state index contributed by atoms with van der Waals surface area (Å²) in [5, 5.41) is 11.1. The monoisotopic (exact) mass is 375 g/mol. The molecular weight excluding hydrogens is 350 g/mol. The van der Waals surface area contributed by atoms with E-state index in [0.29, 0.717) is 13.0 Å². The minimum absolute atomic E-state index is 0.0929. The lowest BCUT2D eigenvalue weighted by Gasteiger charge is -2.13. The number of anilines is 1. The second-order valence-electron chi connectivity index (χ2n) is 6.44. The Hall–Kier alpha value is -2.22. The van der Waals surface area contributed by atoms with Crippen molar-refractivity contribution in [3.8, 4) is 0 Å². The number of carbonyl (C=O) groups excluding carboxylic acids is 1. The summed E-state index contributed by atoms with van der Waals surface area (Å²) in [6.07, 6.45) is 0.681. The summed E-state index contributed by atoms with van der Waals surface area (Å²) >= 11 is 0. The van der Waals surface area contributed by atoms with Gasteiger partial charge in [-0.1, -0.05) is 29.8 Å². The summed E-state index contributed by atoms with van der Waals surface area (Å²) in [7, 11) is -3.66. The number of hydrogen-bond acceptors (Lipinski definition) is 4. The molecule has 2 aromatic carbocycles. The van der Waals surface area contributed by atoms with Gasteiger partial charge in [0.25, 0.3) is 0 Å². The van der Waals surface area contributed by atoms with Crippen molar-refractivity contribution in [3.63, 3.8) is 0 Å². The first kappa shape index (κ1) is 20.1. The molecule has 0 bridgehead atoms. The average molecular weight is 375 g/mol. The van der Waals surface area contributed by atoms with Crippen molar-refractivity contribution in [2.24, 2.45) is 5.14 Å². The minimum Gasteiger partial charge on any atom is -0.324 e. The van der Waals surface area contributed by atoms with Crippen LogP contribution in [-0.4, -0.2) is 27.4 Å². The molecule has 2 rings (SSSR count). The van der Waals surface area contributed by atoms with Crippen molar-refractivity contribution in [2.75, 3.05) is 18.4 Å². The Morgan fingerprint density at radius 3 is 2.15 bits per heavy atom. The highest BCUT2D eigenvalue weighted by molar-refractivity contribution is 7.89. The molecule has 7 heteroatoms. The molecule has 0 heterocycles. The number of benzene rings is 2. The fraction of sp³-hybridized carbons (Fsp3) is 0.316. The van der Waals surface area contributed by atoms with E-state index in [2.05, 4.69) is 10.6 Å². The van der Waals surface area contributed by atoms with E-state index in [1.54, 1.807) is 12.1 Å². The molecule has 0 saturated heterocycles. The van der Waals surface area contributed by atoms with Gasteiger partial charge in [0.1, 0.15) is 0 Å². The van der Waals surface area contributed by atoms with E-state index < -0.39 is 10.0 Å². The van der Waals surface area contributed by atoms with Gasteiger partial charge in [-0.2, -0.15) is 0 Å². The quantitative estimate of drug-likeness (QED) is 0.645. The Morgan fingerprint density at radius 2 is 1.62 bits per heavy atom. The van der Waals surface area contributed by atoms with Crippen molar-refractivity contribution in [1.29, 1.82) is 0 Å². The van der Waals surface area contributed by atoms with Crippen molar-refractivity contribution >= 4 is 21.6 Å². The van der Waals surface area contributed by atoms with Crippen LogP contribution in [0.2, 0.25) is 0 Å². The number of sulfonamides is 1. The number of carbonyl (C=O) groups is 1. The molecule has 0 radical (unpaired) electrons. The smallest absolute Gasteiger partial charge is 0.238 e. The van der Waals surface area contributed by atoms with Gasteiger partial charge in [-0.05, 0) is 62.6 Å². The van der Waals surface area contributed by atoms with Gasteiger partial charge in [-0.3, -0.25) is 4.79 Å². The van der Waals surface area contributed by atoms with Crippen molar-refractivity contribution in [2.45, 2.75) is 32.1 Å². The molecule has 0 aliphatic heterocycles. The van der Waals surface area contributed by atoms with Crippen LogP contribution >= 0.6 is 0 Å². The van der Waals surface area contributed by atoms with Crippen LogP contribution in [-0.2, 0) is 21.2 Å². The van der Waals surface area contributed by atoms with Gasteiger partial charge in [0.15, 0.2) is 0 Å². The molecule has 0 aliphatic rings. The Kier molecular flexibility index (Phi) is 6.52. The predicted octanol–water partition coefficient (Wildman–Crippen LogP) is 2.03. The van der Waals surface area contributed by atoms with Crippen LogP contribution in [0.1, 0.15) is 22.3 Å². The first-order chi connectivity index (χ1) is 12.2. The number of hydrogen-bond donors (Lipinski definition) is 3. The molecule has 1 amide bonds.